The molecule has 0 saturated carbocycles. The van der Waals surface area contributed by atoms with Crippen LogP contribution in [0.1, 0.15) is 129 Å². The van der Waals surface area contributed by atoms with Gasteiger partial charge in [-0.05, 0) is 379 Å². The highest BCUT2D eigenvalue weighted by Crippen LogP contribution is 2.70. The van der Waals surface area contributed by atoms with Crippen molar-refractivity contribution in [3.63, 3.8) is 0 Å². The lowest BCUT2D eigenvalue weighted by Gasteiger charge is -2.32. The van der Waals surface area contributed by atoms with E-state index < -0.39 is 52.1 Å². The Kier molecular flexibility index (Phi) is 15.5. The van der Waals surface area contributed by atoms with Gasteiger partial charge < -0.3 is 30.6 Å². The van der Waals surface area contributed by atoms with Crippen LogP contribution in [0.4, 0.5) is 0 Å². The number of hydrogen-bond acceptors (Lipinski definition) is 6. The number of hydrogen-bond donors (Lipinski definition) is 6. The maximum Gasteiger partial charge on any atom is 0.335 e. The first-order valence-electron chi connectivity index (χ1n) is 42.6. The normalized spacial score (nSPS) is 15.9. The summed E-state index contributed by atoms with van der Waals surface area (Å²) >= 11 is 0. The minimum Gasteiger partial charge on any atom is -0.478 e. The fourth-order valence-electron chi connectivity index (χ4n) is 22.7. The van der Waals surface area contributed by atoms with Gasteiger partial charge in [-0.25, -0.2) is 28.8 Å². The van der Waals surface area contributed by atoms with Gasteiger partial charge in [-0.1, -0.05) is 218 Å². The number of carboxylic acid groups (broad SMARTS) is 6. The standard InChI is InChI=1S/C117H66O12/c118-109(119)67-13-1-61(2-14-67)73-25-37-85-91-43-31-79-55-103(91)115(97(85)49-73)98-50-74(62-3-15-68(16-4-62)110(120)121)26-38-86(98)92-44-32-80(56-104(92)115)82-34-46-94-88-40-28-76(64-7-19-70(20-8-64)112(124)125)52-100(88)117(106(94)58-82)102-54-78(66-11-23-72(24-12-66)114(128)129)30-42-90(102)96-48-36-84(60-108(96)117)83-35-47-95-89-41-29-77(65-9-21-71(22-10-65)113(126)127)53-101(89)116(107(95)59-83)99-51-75(63-5-17-69(18-6-63)111(122)123)27-39-87(99)93-45-33-81(79)57-105(93)116/h1-60H,(H,118,119)(H,120,121)(H,122,123)(H,124,125)(H,126,127)(H,128,129). The number of fused-ring (bicyclic) bond motifs is 21. The molecule has 0 radical (unpaired) electrons. The van der Waals surface area contributed by atoms with Crippen LogP contribution in [-0.2, 0) is 16.2 Å². The summed E-state index contributed by atoms with van der Waals surface area (Å²) in [7, 11) is 0. The van der Waals surface area contributed by atoms with Crippen molar-refractivity contribution in [2.75, 3.05) is 0 Å². The second-order valence-corrected chi connectivity index (χ2v) is 34.7. The summed E-state index contributed by atoms with van der Waals surface area (Å²) in [6.07, 6.45) is 0. The van der Waals surface area contributed by atoms with Gasteiger partial charge in [0, 0.05) is 0 Å². The van der Waals surface area contributed by atoms with E-state index in [0.29, 0.717) is 0 Å². The van der Waals surface area contributed by atoms with Crippen LogP contribution in [0.2, 0.25) is 0 Å². The topological polar surface area (TPSA) is 224 Å². The van der Waals surface area contributed by atoms with Crippen LogP contribution < -0.4 is 0 Å². The summed E-state index contributed by atoms with van der Waals surface area (Å²) < 4.78 is 0. The Bertz CT molecular complexity index is 6950. The summed E-state index contributed by atoms with van der Waals surface area (Å²) in [5.74, 6) is -6.21. The van der Waals surface area contributed by atoms with Gasteiger partial charge in [-0.3, -0.25) is 0 Å². The molecule has 0 heterocycles. The largest absolute Gasteiger partial charge is 0.478 e. The Balaban J connectivity index is 0.820. The van der Waals surface area contributed by atoms with Crippen LogP contribution >= 0.6 is 0 Å². The number of benzene rings is 18. The zero-order valence-electron chi connectivity index (χ0n) is 68.3. The molecule has 12 nitrogen and oxygen atoms in total. The molecule has 25 rings (SSSR count). The summed E-state index contributed by atoms with van der Waals surface area (Å²) in [5, 5.41) is 61.7. The zero-order valence-corrected chi connectivity index (χ0v) is 68.3. The lowest BCUT2D eigenvalue weighted by atomic mass is 9.68. The highest BCUT2D eigenvalue weighted by Gasteiger charge is 2.57. The van der Waals surface area contributed by atoms with Crippen LogP contribution in [0.3, 0.4) is 0 Å². The van der Waals surface area contributed by atoms with Crippen LogP contribution in [0.5, 0.6) is 0 Å². The van der Waals surface area contributed by atoms with Crippen molar-refractivity contribution in [2.45, 2.75) is 16.2 Å². The molecule has 7 aliphatic rings. The Morgan fingerprint density at radius 2 is 0.209 bits per heavy atom. The first-order valence-corrected chi connectivity index (χ1v) is 42.6. The maximum absolute atomic E-state index is 12.6. The zero-order chi connectivity index (χ0) is 87.1. The molecule has 0 aromatic heterocycles. The average molecular weight is 1660 g/mol. The van der Waals surface area contributed by atoms with Gasteiger partial charge in [0.1, 0.15) is 0 Å². The lowest BCUT2D eigenvalue weighted by molar-refractivity contribution is 0.0686. The monoisotopic (exact) mass is 1660 g/mol. The predicted molar refractivity (Wildman–Crippen MR) is 500 cm³/mol. The molecule has 0 saturated heterocycles. The molecule has 3 spiro atoms. The van der Waals surface area contributed by atoms with Gasteiger partial charge in [-0.2, -0.15) is 0 Å². The Hall–Kier alpha value is -17.2. The van der Waals surface area contributed by atoms with E-state index in [-0.39, 0.29) is 33.4 Å². The Morgan fingerprint density at radius 3 is 0.302 bits per heavy atom. The molecule has 12 bridgehead atoms. The minimum absolute atomic E-state index is 0.159. The molecule has 0 fully saturated rings. The molecule has 18 aromatic carbocycles. The van der Waals surface area contributed by atoms with Gasteiger partial charge in [0.2, 0.25) is 0 Å². The van der Waals surface area contributed by atoms with Crippen molar-refractivity contribution in [3.05, 3.63) is 464 Å². The van der Waals surface area contributed by atoms with E-state index in [1.54, 1.807) is 72.8 Å². The molecular weight excluding hydrogens is 1600 g/mol. The molecule has 0 aliphatic heterocycles. The molecule has 7 aliphatic carbocycles. The molecule has 18 aromatic rings. The van der Waals surface area contributed by atoms with Crippen LogP contribution in [0.25, 0.3) is 167 Å². The molecule has 129 heavy (non-hydrogen) atoms. The first-order chi connectivity index (χ1) is 62.8. The number of aromatic carboxylic acids is 6. The van der Waals surface area contributed by atoms with Crippen LogP contribution in [0.15, 0.2) is 364 Å². The maximum atomic E-state index is 12.6. The van der Waals surface area contributed by atoms with E-state index >= 15 is 0 Å². The molecule has 0 amide bonds. The van der Waals surface area contributed by atoms with Gasteiger partial charge >= 0.3 is 35.8 Å². The van der Waals surface area contributed by atoms with Gasteiger partial charge in [0.25, 0.3) is 0 Å². The third-order valence-corrected chi connectivity index (χ3v) is 28.6. The SMILES string of the molecule is O=C(O)c1ccc(-c2ccc3c(c2)C24c5cc(-c6ccc(C(=O)O)cc6)ccc5-c5ccc(cc52)-c2ccc5c(c2)C2(c6cc(-c7ccc(C(=O)O)cc7)ccc6-5)c5cc(-c6ccc(C(=O)O)cc6)ccc5-c5ccc(cc52)-c2ccc5c(c2)C2(c6cc(-c7ccc(C(=O)O)cc7)ccc6-c6ccc(cc62)-c2ccc-3c4c2)c2cc(-c3ccc(C(=O)O)cc3)ccc2-5)cc1. The van der Waals surface area contributed by atoms with Crippen molar-refractivity contribution >= 4 is 35.8 Å². The first kappa shape index (κ1) is 74.4. The van der Waals surface area contributed by atoms with E-state index in [4.69, 9.17) is 0 Å². The van der Waals surface area contributed by atoms with Crippen molar-refractivity contribution in [1.29, 1.82) is 0 Å². The second kappa shape index (κ2) is 26.9. The van der Waals surface area contributed by atoms with Gasteiger partial charge in [-0.15, -0.1) is 0 Å². The molecule has 0 unspecified atom stereocenters. The number of rotatable bonds is 12. The molecule has 606 valence electrons. The summed E-state index contributed by atoms with van der Waals surface area (Å²) in [6, 6.07) is 123. The number of carboxylic acids is 6. The smallest absolute Gasteiger partial charge is 0.335 e. The fraction of sp³-hybridized carbons (Fsp3) is 0.0256. The van der Waals surface area contributed by atoms with Crippen molar-refractivity contribution in [2.24, 2.45) is 0 Å². The Labute approximate surface area is 737 Å². The molecular formula is C117H66O12. The van der Waals surface area contributed by atoms with E-state index in [1.165, 1.54) is 0 Å². The average Bonchev–Trinajstić information content (AvgIpc) is 1.51. The second-order valence-electron chi connectivity index (χ2n) is 34.7. The summed E-state index contributed by atoms with van der Waals surface area (Å²) in [4.78, 5) is 75.4. The van der Waals surface area contributed by atoms with E-state index in [0.717, 1.165) is 234 Å². The molecule has 12 heteroatoms. The minimum atomic E-state index is -1.12. The van der Waals surface area contributed by atoms with Crippen molar-refractivity contribution in [3.8, 4) is 167 Å². The molecule has 6 N–H and O–H groups in total. The van der Waals surface area contributed by atoms with Crippen molar-refractivity contribution in [1.82, 2.24) is 0 Å². The quantitative estimate of drug-likeness (QED) is 0.0672. The summed E-state index contributed by atoms with van der Waals surface area (Å²) in [6.45, 7) is 0. The fourth-order valence-corrected chi connectivity index (χ4v) is 22.7. The highest BCUT2D eigenvalue weighted by atomic mass is 16.4. The Morgan fingerprint density at radius 1 is 0.124 bits per heavy atom. The van der Waals surface area contributed by atoms with E-state index in [2.05, 4.69) is 218 Å². The van der Waals surface area contributed by atoms with E-state index in [1.807, 2.05) is 72.8 Å². The van der Waals surface area contributed by atoms with Gasteiger partial charge in [0.15, 0.2) is 0 Å². The van der Waals surface area contributed by atoms with Crippen LogP contribution in [-0.4, -0.2) is 66.5 Å². The lowest BCUT2D eigenvalue weighted by Crippen LogP contribution is -2.26. The predicted octanol–water partition coefficient (Wildman–Crippen LogP) is 26.2. The summed E-state index contributed by atoms with van der Waals surface area (Å²) in [5.41, 5.74) is 37.6. The van der Waals surface area contributed by atoms with E-state index in [9.17, 15) is 59.4 Å². The number of carbonyl (C=O) groups is 6. The highest BCUT2D eigenvalue weighted by molar-refractivity contribution is 6.06. The third-order valence-electron chi connectivity index (χ3n) is 28.6. The third kappa shape index (κ3) is 10.4. The van der Waals surface area contributed by atoms with Crippen molar-refractivity contribution < 1.29 is 59.4 Å². The van der Waals surface area contributed by atoms with Crippen LogP contribution in [0, 0.1) is 0 Å². The molecule has 0 atom stereocenters. The van der Waals surface area contributed by atoms with Gasteiger partial charge in [0.05, 0.1) is 49.6 Å².